The van der Waals surface area contributed by atoms with Crippen molar-refractivity contribution in [3.05, 3.63) is 57.8 Å². The molecule has 1 aromatic carbocycles. The molecule has 0 radical (unpaired) electrons. The number of benzene rings is 1. The van der Waals surface area contributed by atoms with Gasteiger partial charge in [-0.25, -0.2) is 13.2 Å². The number of rotatable bonds is 4. The Morgan fingerprint density at radius 3 is 2.57 bits per heavy atom. The number of halogens is 3. The molecule has 8 heteroatoms. The summed E-state index contributed by atoms with van der Waals surface area (Å²) in [6.45, 7) is 1.57. The van der Waals surface area contributed by atoms with Crippen LogP contribution in [0.15, 0.2) is 29.1 Å². The van der Waals surface area contributed by atoms with Gasteiger partial charge in [0.15, 0.2) is 17.5 Å². The van der Waals surface area contributed by atoms with Crippen molar-refractivity contribution in [2.45, 2.75) is 19.9 Å². The van der Waals surface area contributed by atoms with Gasteiger partial charge in [-0.05, 0) is 25.1 Å². The van der Waals surface area contributed by atoms with Crippen molar-refractivity contribution in [2.75, 3.05) is 5.32 Å². The third kappa shape index (κ3) is 3.71. The molecule has 0 spiro atoms. The quantitative estimate of drug-likeness (QED) is 0.847. The molecule has 0 unspecified atom stereocenters. The van der Waals surface area contributed by atoms with Gasteiger partial charge in [-0.3, -0.25) is 9.59 Å². The van der Waals surface area contributed by atoms with E-state index in [0.717, 1.165) is 12.1 Å². The summed E-state index contributed by atoms with van der Waals surface area (Å²) >= 11 is 0. The third-order valence-corrected chi connectivity index (χ3v) is 3.19. The third-order valence-electron chi connectivity index (χ3n) is 3.19. The Kier molecular flexibility index (Phi) is 4.73. The van der Waals surface area contributed by atoms with Crippen LogP contribution in [0.4, 0.5) is 18.9 Å². The van der Waals surface area contributed by atoms with Crippen LogP contribution in [0.1, 0.15) is 12.1 Å². The predicted molar refractivity (Wildman–Crippen MR) is 76.7 cm³/mol. The molecule has 1 amide bonds. The summed E-state index contributed by atoms with van der Waals surface area (Å²) in [5, 5.41) is 11.4. The number of nitrogens with one attached hydrogen (secondary N) is 1. The fourth-order valence-electron chi connectivity index (χ4n) is 2.05. The highest BCUT2D eigenvalue weighted by molar-refractivity contribution is 5.90. The maximum absolute atomic E-state index is 13.4. The second-order valence-electron chi connectivity index (χ2n) is 4.87. The lowest BCUT2D eigenvalue weighted by atomic mass is 10.2. The zero-order valence-electron chi connectivity index (χ0n) is 12.1. The van der Waals surface area contributed by atoms with E-state index in [2.05, 4.69) is 5.32 Å². The molecule has 1 heterocycles. The van der Waals surface area contributed by atoms with Crippen LogP contribution < -0.4 is 10.9 Å². The lowest BCUT2D eigenvalue weighted by Crippen LogP contribution is -2.24. The Morgan fingerprint density at radius 1 is 1.22 bits per heavy atom. The molecular formula is C15H13F3N2O3. The van der Waals surface area contributed by atoms with E-state index in [-0.39, 0.29) is 18.7 Å². The molecule has 2 aromatic rings. The number of hydrogen-bond donors (Lipinski definition) is 2. The first-order valence-corrected chi connectivity index (χ1v) is 6.63. The molecule has 1 aromatic heterocycles. The number of aryl methyl sites for hydroxylation is 1. The smallest absolute Gasteiger partial charge is 0.254 e. The van der Waals surface area contributed by atoms with Crippen molar-refractivity contribution in [2.24, 2.45) is 0 Å². The molecular weight excluding hydrogens is 313 g/mol. The van der Waals surface area contributed by atoms with E-state index >= 15 is 0 Å². The molecule has 0 aliphatic carbocycles. The normalized spacial score (nSPS) is 10.6. The highest BCUT2D eigenvalue weighted by Gasteiger charge is 2.15. The molecule has 2 N–H and O–H groups in total. The van der Waals surface area contributed by atoms with Gasteiger partial charge in [-0.15, -0.1) is 0 Å². The van der Waals surface area contributed by atoms with Crippen LogP contribution in [0.5, 0.6) is 5.75 Å². The van der Waals surface area contributed by atoms with Crippen molar-refractivity contribution >= 4 is 11.6 Å². The number of pyridine rings is 1. The van der Waals surface area contributed by atoms with E-state index in [4.69, 9.17) is 0 Å². The van der Waals surface area contributed by atoms with E-state index in [1.807, 2.05) is 0 Å². The maximum atomic E-state index is 13.4. The van der Waals surface area contributed by atoms with Crippen molar-refractivity contribution in [3.8, 4) is 5.75 Å². The zero-order valence-corrected chi connectivity index (χ0v) is 12.1. The summed E-state index contributed by atoms with van der Waals surface area (Å²) in [4.78, 5) is 23.5. The van der Waals surface area contributed by atoms with Crippen molar-refractivity contribution in [3.63, 3.8) is 0 Å². The van der Waals surface area contributed by atoms with Gasteiger partial charge in [0.25, 0.3) is 5.56 Å². The minimum absolute atomic E-state index is 0.0118. The molecule has 0 bridgehead atoms. The van der Waals surface area contributed by atoms with Crippen LogP contribution in [0.2, 0.25) is 0 Å². The molecule has 0 aliphatic heterocycles. The Hall–Kier alpha value is -2.77. The van der Waals surface area contributed by atoms with Gasteiger partial charge < -0.3 is 15.0 Å². The maximum Gasteiger partial charge on any atom is 0.254 e. The number of hydrogen-bond acceptors (Lipinski definition) is 3. The zero-order chi connectivity index (χ0) is 17.1. The van der Waals surface area contributed by atoms with Crippen LogP contribution >= 0.6 is 0 Å². The fraction of sp³-hybridized carbons (Fsp3) is 0.200. The standard InChI is InChI=1S/C15H13F3N2O3/c1-8-6-9(21)7-13(23)20(8)5-4-12(22)19-11-3-2-10(16)14(17)15(11)18/h2-3,6-7,21H,4-5H2,1H3,(H,19,22). The molecule has 5 nitrogen and oxygen atoms in total. The number of anilines is 1. The Labute approximate surface area is 129 Å². The van der Waals surface area contributed by atoms with E-state index in [0.29, 0.717) is 11.8 Å². The first kappa shape index (κ1) is 16.6. The van der Waals surface area contributed by atoms with Crippen LogP contribution in [-0.4, -0.2) is 15.6 Å². The summed E-state index contributed by atoms with van der Waals surface area (Å²) in [5.74, 6) is -5.37. The minimum Gasteiger partial charge on any atom is -0.508 e. The molecule has 0 saturated heterocycles. The molecule has 2 rings (SSSR count). The first-order valence-electron chi connectivity index (χ1n) is 6.63. The van der Waals surface area contributed by atoms with Gasteiger partial charge in [0.1, 0.15) is 5.75 Å². The Balaban J connectivity index is 2.07. The number of nitrogens with zero attached hydrogens (tertiary/aromatic N) is 1. The average molecular weight is 326 g/mol. The summed E-state index contributed by atoms with van der Waals surface area (Å²) in [7, 11) is 0. The van der Waals surface area contributed by atoms with Gasteiger partial charge in [-0.2, -0.15) is 0 Å². The SMILES string of the molecule is Cc1cc(O)cc(=O)n1CCC(=O)Nc1ccc(F)c(F)c1F. The van der Waals surface area contributed by atoms with E-state index in [1.165, 1.54) is 10.6 Å². The monoisotopic (exact) mass is 326 g/mol. The van der Waals surface area contributed by atoms with Crippen LogP contribution in [0.25, 0.3) is 0 Å². The second-order valence-corrected chi connectivity index (χ2v) is 4.87. The molecule has 122 valence electrons. The van der Waals surface area contributed by atoms with Gasteiger partial charge in [0, 0.05) is 24.7 Å². The first-order chi connectivity index (χ1) is 10.8. The van der Waals surface area contributed by atoms with Crippen LogP contribution in [-0.2, 0) is 11.3 Å². The molecule has 23 heavy (non-hydrogen) atoms. The number of aromatic hydroxyl groups is 1. The van der Waals surface area contributed by atoms with Gasteiger partial charge in [0.05, 0.1) is 5.69 Å². The largest absolute Gasteiger partial charge is 0.508 e. The number of carbonyl (C=O) groups is 1. The molecule has 0 atom stereocenters. The Bertz CT molecular complexity index is 818. The van der Waals surface area contributed by atoms with Crippen molar-refractivity contribution in [1.82, 2.24) is 4.57 Å². The van der Waals surface area contributed by atoms with Crippen molar-refractivity contribution in [1.29, 1.82) is 0 Å². The summed E-state index contributed by atoms with van der Waals surface area (Å²) in [6.07, 6.45) is -0.191. The van der Waals surface area contributed by atoms with Gasteiger partial charge >= 0.3 is 0 Å². The minimum atomic E-state index is -1.67. The van der Waals surface area contributed by atoms with Crippen LogP contribution in [0.3, 0.4) is 0 Å². The number of aromatic nitrogens is 1. The second kappa shape index (κ2) is 6.55. The van der Waals surface area contributed by atoms with Crippen LogP contribution in [0, 0.1) is 24.4 Å². The van der Waals surface area contributed by atoms with E-state index < -0.39 is 34.6 Å². The lowest BCUT2D eigenvalue weighted by Gasteiger charge is -2.11. The highest BCUT2D eigenvalue weighted by Crippen LogP contribution is 2.19. The number of amides is 1. The van der Waals surface area contributed by atoms with Gasteiger partial charge in [-0.1, -0.05) is 0 Å². The Morgan fingerprint density at radius 2 is 1.91 bits per heavy atom. The highest BCUT2D eigenvalue weighted by atomic mass is 19.2. The number of carbonyl (C=O) groups excluding carboxylic acids is 1. The molecule has 0 saturated carbocycles. The van der Waals surface area contributed by atoms with Crippen molar-refractivity contribution < 1.29 is 23.1 Å². The summed E-state index contributed by atoms with van der Waals surface area (Å²) in [5.41, 5.74) is -0.528. The predicted octanol–water partition coefficient (Wildman–Crippen LogP) is 2.31. The van der Waals surface area contributed by atoms with E-state index in [1.54, 1.807) is 6.92 Å². The summed E-state index contributed by atoms with van der Waals surface area (Å²) in [6, 6.07) is 3.96. The lowest BCUT2D eigenvalue weighted by molar-refractivity contribution is -0.116. The fourth-order valence-corrected chi connectivity index (χ4v) is 2.05. The van der Waals surface area contributed by atoms with Gasteiger partial charge in [0.2, 0.25) is 5.91 Å². The molecule has 0 fully saturated rings. The molecule has 0 aliphatic rings. The summed E-state index contributed by atoms with van der Waals surface area (Å²) < 4.78 is 40.6. The average Bonchev–Trinajstić information content (AvgIpc) is 2.47. The van der Waals surface area contributed by atoms with E-state index in [9.17, 15) is 27.9 Å². The topological polar surface area (TPSA) is 71.3 Å².